The number of β-lactam (4-membered cyclic amide) rings is 1. The van der Waals surface area contributed by atoms with Crippen LogP contribution in [0.25, 0.3) is 0 Å². The van der Waals surface area contributed by atoms with Crippen LogP contribution in [-0.2, 0) is 35.1 Å². The molecule has 3 rings (SSSR count). The van der Waals surface area contributed by atoms with Gasteiger partial charge in [-0.25, -0.2) is 0 Å². The predicted molar refractivity (Wildman–Crippen MR) is 97.7 cm³/mol. The molecule has 9 nitrogen and oxygen atoms in total. The van der Waals surface area contributed by atoms with Crippen LogP contribution in [0.4, 0.5) is 0 Å². The summed E-state index contributed by atoms with van der Waals surface area (Å²) in [6, 6.07) is 3.61. The lowest BCUT2D eigenvalue weighted by Crippen LogP contribution is -2.81. The van der Waals surface area contributed by atoms with Crippen LogP contribution in [0.15, 0.2) is 28.8 Å². The van der Waals surface area contributed by atoms with Gasteiger partial charge < -0.3 is 24.7 Å². The van der Waals surface area contributed by atoms with Crippen molar-refractivity contribution in [1.82, 2.24) is 10.2 Å². The van der Waals surface area contributed by atoms with E-state index in [0.29, 0.717) is 0 Å². The number of nitrogens with zero attached hydrogens (tertiary/aromatic N) is 1. The Morgan fingerprint density at radius 3 is 2.75 bits per heavy atom. The van der Waals surface area contributed by atoms with Gasteiger partial charge in [0.1, 0.15) is 12.0 Å². The average Bonchev–Trinajstić information content (AvgIpc) is 3.15. The number of thiophene rings is 1. The van der Waals surface area contributed by atoms with Gasteiger partial charge in [-0.1, -0.05) is 6.07 Å². The van der Waals surface area contributed by atoms with Gasteiger partial charge in [0, 0.05) is 30.2 Å². The number of thioether (sulfide) groups is 1. The Hall–Kier alpha value is -2.37. The van der Waals surface area contributed by atoms with Crippen LogP contribution in [0.2, 0.25) is 0 Å². The minimum absolute atomic E-state index is 0.0777. The Morgan fingerprint density at radius 1 is 1.43 bits per heavy atom. The average molecular weight is 425 g/mol. The lowest BCUT2D eigenvalue weighted by molar-refractivity contribution is -0.302. The molecule has 150 valence electrons. The first kappa shape index (κ1) is 20.4. The summed E-state index contributed by atoms with van der Waals surface area (Å²) in [7, 11) is 1.28. The monoisotopic (exact) mass is 425 g/mol. The second-order valence-corrected chi connectivity index (χ2v) is 8.20. The molecule has 0 saturated carbocycles. The minimum Gasteiger partial charge on any atom is -0.543 e. The first-order valence-electron chi connectivity index (χ1n) is 8.20. The Morgan fingerprint density at radius 2 is 2.18 bits per heavy atom. The second kappa shape index (κ2) is 7.94. The van der Waals surface area contributed by atoms with Gasteiger partial charge in [-0.05, 0) is 11.4 Å². The smallest absolute Gasteiger partial charge is 0.302 e. The van der Waals surface area contributed by atoms with Gasteiger partial charge in [0.2, 0.25) is 5.91 Å². The number of esters is 1. The number of carboxylic acid groups (broad SMARTS) is 1. The summed E-state index contributed by atoms with van der Waals surface area (Å²) in [5.74, 6) is -3.08. The molecule has 2 atom stereocenters. The van der Waals surface area contributed by atoms with Crippen molar-refractivity contribution in [1.29, 1.82) is 0 Å². The highest BCUT2D eigenvalue weighted by molar-refractivity contribution is 8.00. The Kier molecular flexibility index (Phi) is 5.77. The fourth-order valence-electron chi connectivity index (χ4n) is 3.05. The van der Waals surface area contributed by atoms with Crippen molar-refractivity contribution < 1.29 is 33.8 Å². The normalized spacial score (nSPS) is 23.7. The molecule has 1 N–H and O–H groups in total. The van der Waals surface area contributed by atoms with Crippen LogP contribution < -0.4 is 10.4 Å². The standard InChI is InChI=1S/C17H18N2O7S2/c1-9(20)26-7-10-8-28-16-17(25-2,15(24)19(16)13(10)14(22)23)18-12(21)6-11-4-3-5-27-11/h3-5,16H,6-8H2,1-2H3,(H,18,21)(H,22,23)/p-1/t16-,17+/m1/s1. The molecule has 0 aromatic carbocycles. The number of ether oxygens (including phenoxy) is 2. The number of aliphatic carboxylic acids is 1. The van der Waals surface area contributed by atoms with E-state index >= 15 is 0 Å². The zero-order valence-electron chi connectivity index (χ0n) is 15.1. The van der Waals surface area contributed by atoms with Crippen LogP contribution in [0.3, 0.4) is 0 Å². The van der Waals surface area contributed by atoms with Gasteiger partial charge in [-0.2, -0.15) is 0 Å². The number of amides is 2. The summed E-state index contributed by atoms with van der Waals surface area (Å²) in [5, 5.41) is 15.3. The summed E-state index contributed by atoms with van der Waals surface area (Å²) < 4.78 is 10.2. The maximum atomic E-state index is 12.8. The van der Waals surface area contributed by atoms with Gasteiger partial charge in [0.15, 0.2) is 0 Å². The summed E-state index contributed by atoms with van der Waals surface area (Å²) >= 11 is 2.62. The summed E-state index contributed by atoms with van der Waals surface area (Å²) in [4.78, 5) is 49.7. The molecule has 2 amide bonds. The first-order chi connectivity index (χ1) is 13.3. The number of hydrogen-bond acceptors (Lipinski definition) is 9. The van der Waals surface area contributed by atoms with E-state index in [1.807, 2.05) is 11.4 Å². The van der Waals surface area contributed by atoms with Crippen molar-refractivity contribution in [3.63, 3.8) is 0 Å². The van der Waals surface area contributed by atoms with Crippen molar-refractivity contribution in [3.05, 3.63) is 33.7 Å². The second-order valence-electron chi connectivity index (χ2n) is 6.10. The van der Waals surface area contributed by atoms with Gasteiger partial charge >= 0.3 is 5.97 Å². The zero-order valence-corrected chi connectivity index (χ0v) is 16.7. The molecule has 0 radical (unpaired) electrons. The highest BCUT2D eigenvalue weighted by Crippen LogP contribution is 2.46. The van der Waals surface area contributed by atoms with E-state index in [9.17, 15) is 24.3 Å². The summed E-state index contributed by atoms with van der Waals surface area (Å²) in [5.41, 5.74) is -1.76. The first-order valence-corrected chi connectivity index (χ1v) is 10.1. The van der Waals surface area contributed by atoms with Gasteiger partial charge in [0.25, 0.3) is 11.6 Å². The van der Waals surface area contributed by atoms with Gasteiger partial charge in [0.05, 0.1) is 18.1 Å². The summed E-state index contributed by atoms with van der Waals surface area (Å²) in [6.45, 7) is 0.943. The highest BCUT2D eigenvalue weighted by Gasteiger charge is 2.65. The molecule has 1 aromatic heterocycles. The molecular weight excluding hydrogens is 408 g/mol. The van der Waals surface area contributed by atoms with E-state index in [1.165, 1.54) is 37.1 Å². The molecule has 1 saturated heterocycles. The Bertz CT molecular complexity index is 852. The molecular formula is C17H17N2O7S2-. The molecule has 1 fully saturated rings. The highest BCUT2D eigenvalue weighted by atomic mass is 32.2. The van der Waals surface area contributed by atoms with Crippen LogP contribution in [-0.4, -0.2) is 59.2 Å². The molecule has 0 aliphatic carbocycles. The number of carbonyl (C=O) groups is 4. The van der Waals surface area contributed by atoms with E-state index in [-0.39, 0.29) is 30.1 Å². The number of fused-ring (bicyclic) bond motifs is 1. The molecule has 2 aliphatic rings. The fraction of sp³-hybridized carbons (Fsp3) is 0.412. The van der Waals surface area contributed by atoms with E-state index in [2.05, 4.69) is 5.32 Å². The van der Waals surface area contributed by atoms with Crippen LogP contribution in [0, 0.1) is 0 Å². The summed E-state index contributed by atoms with van der Waals surface area (Å²) in [6.07, 6.45) is 0.0777. The zero-order chi connectivity index (χ0) is 20.5. The van der Waals surface area contributed by atoms with E-state index < -0.39 is 34.9 Å². The van der Waals surface area contributed by atoms with Crippen molar-refractivity contribution in [2.45, 2.75) is 24.4 Å². The van der Waals surface area contributed by atoms with Crippen LogP contribution in [0.1, 0.15) is 11.8 Å². The molecule has 28 heavy (non-hydrogen) atoms. The van der Waals surface area contributed by atoms with Crippen molar-refractivity contribution in [2.24, 2.45) is 0 Å². The Labute approximate surface area is 168 Å². The van der Waals surface area contributed by atoms with Crippen molar-refractivity contribution >= 4 is 46.9 Å². The SMILES string of the molecule is CO[C@@]1(NC(=O)Cc2cccs2)C(=O)N2C(C(=O)[O-])=C(COC(C)=O)CS[C@@H]21. The van der Waals surface area contributed by atoms with Crippen molar-refractivity contribution in [2.75, 3.05) is 19.5 Å². The lowest BCUT2D eigenvalue weighted by atomic mass is 9.98. The topological polar surface area (TPSA) is 125 Å². The van der Waals surface area contributed by atoms with Gasteiger partial charge in [-0.3, -0.25) is 19.3 Å². The van der Waals surface area contributed by atoms with Crippen molar-refractivity contribution in [3.8, 4) is 0 Å². The van der Waals surface area contributed by atoms with E-state index in [0.717, 1.165) is 9.78 Å². The third-order valence-electron chi connectivity index (χ3n) is 4.32. The quantitative estimate of drug-likeness (QED) is 0.343. The largest absolute Gasteiger partial charge is 0.543 e. The maximum absolute atomic E-state index is 12.8. The van der Waals surface area contributed by atoms with Gasteiger partial charge in [-0.15, -0.1) is 23.1 Å². The number of carboxylic acids is 1. The number of nitrogens with one attached hydrogen (secondary N) is 1. The molecule has 1 aromatic rings. The third-order valence-corrected chi connectivity index (χ3v) is 6.57. The maximum Gasteiger partial charge on any atom is 0.302 e. The minimum atomic E-state index is -1.66. The number of rotatable bonds is 7. The number of hydrogen-bond donors (Lipinski definition) is 1. The number of methoxy groups -OCH3 is 1. The lowest BCUT2D eigenvalue weighted by Gasteiger charge is -2.56. The molecule has 0 unspecified atom stereocenters. The van der Waals surface area contributed by atoms with E-state index in [4.69, 9.17) is 9.47 Å². The molecule has 3 heterocycles. The molecule has 0 bridgehead atoms. The Balaban J connectivity index is 1.81. The molecule has 0 spiro atoms. The molecule has 11 heteroatoms. The van der Waals surface area contributed by atoms with Crippen LogP contribution in [0.5, 0.6) is 0 Å². The van der Waals surface area contributed by atoms with E-state index in [1.54, 1.807) is 6.07 Å². The van der Waals surface area contributed by atoms with Crippen LogP contribution >= 0.6 is 23.1 Å². The third kappa shape index (κ3) is 3.52. The fourth-order valence-corrected chi connectivity index (χ4v) is 5.18. The number of carbonyl (C=O) groups excluding carboxylic acids is 4. The molecule has 2 aliphatic heterocycles. The predicted octanol–water partition coefficient (Wildman–Crippen LogP) is -0.768.